The van der Waals surface area contributed by atoms with E-state index in [1.807, 2.05) is 0 Å². The van der Waals surface area contributed by atoms with E-state index in [1.165, 1.54) is 0 Å². The van der Waals surface area contributed by atoms with E-state index in [0.717, 1.165) is 5.56 Å². The maximum absolute atomic E-state index is 11.1. The summed E-state index contributed by atoms with van der Waals surface area (Å²) in [5, 5.41) is 2.30. The second-order valence-corrected chi connectivity index (χ2v) is 3.56. The zero-order chi connectivity index (χ0) is 11.3. The van der Waals surface area contributed by atoms with E-state index in [0.29, 0.717) is 12.1 Å². The molecular formula is C11H12ClNO2. The van der Waals surface area contributed by atoms with Gasteiger partial charge in [0, 0.05) is 18.5 Å². The van der Waals surface area contributed by atoms with Crippen LogP contribution in [0, 0.1) is 0 Å². The van der Waals surface area contributed by atoms with Crippen LogP contribution in [0.4, 0.5) is 5.69 Å². The summed E-state index contributed by atoms with van der Waals surface area (Å²) < 4.78 is 0. The largest absolute Gasteiger partial charge is 0.326 e. The average Bonchev–Trinajstić information content (AvgIpc) is 2.17. The second kappa shape index (κ2) is 5.51. The smallest absolute Gasteiger partial charge is 0.226 e. The molecule has 0 aliphatic carbocycles. The highest BCUT2D eigenvalue weighted by atomic mass is 35.5. The predicted octanol–water partition coefficient (Wildman–Crippen LogP) is 2.34. The van der Waals surface area contributed by atoms with Crippen molar-refractivity contribution in [3.63, 3.8) is 0 Å². The number of amides is 1. The number of halogens is 1. The van der Waals surface area contributed by atoms with Crippen molar-refractivity contribution in [1.29, 1.82) is 0 Å². The van der Waals surface area contributed by atoms with E-state index in [1.54, 1.807) is 31.2 Å². The molecule has 1 rings (SSSR count). The van der Waals surface area contributed by atoms with Crippen molar-refractivity contribution in [2.24, 2.45) is 0 Å². The third-order valence-electron chi connectivity index (χ3n) is 1.87. The fraction of sp³-hybridized carbons (Fsp3) is 0.273. The SMILES string of the molecule is CCC(=O)Nc1cccc(CC(=O)Cl)c1. The molecule has 0 atom stereocenters. The molecule has 15 heavy (non-hydrogen) atoms. The fourth-order valence-electron chi connectivity index (χ4n) is 1.17. The van der Waals surface area contributed by atoms with Crippen LogP contribution in [0.15, 0.2) is 24.3 Å². The van der Waals surface area contributed by atoms with Crippen LogP contribution < -0.4 is 5.32 Å². The Kier molecular flexibility index (Phi) is 4.31. The van der Waals surface area contributed by atoms with Crippen molar-refractivity contribution in [1.82, 2.24) is 0 Å². The molecule has 0 fully saturated rings. The second-order valence-electron chi connectivity index (χ2n) is 3.13. The van der Waals surface area contributed by atoms with E-state index < -0.39 is 5.24 Å². The lowest BCUT2D eigenvalue weighted by atomic mass is 10.1. The molecule has 0 saturated heterocycles. The molecule has 0 radical (unpaired) electrons. The molecule has 0 heterocycles. The van der Waals surface area contributed by atoms with Gasteiger partial charge < -0.3 is 5.32 Å². The molecule has 1 aromatic carbocycles. The summed E-state index contributed by atoms with van der Waals surface area (Å²) in [5.41, 5.74) is 1.49. The van der Waals surface area contributed by atoms with Crippen molar-refractivity contribution >= 4 is 28.4 Å². The average molecular weight is 226 g/mol. The van der Waals surface area contributed by atoms with Crippen LogP contribution in [-0.4, -0.2) is 11.1 Å². The van der Waals surface area contributed by atoms with Gasteiger partial charge in [-0.1, -0.05) is 19.1 Å². The first kappa shape index (κ1) is 11.7. The first-order chi connectivity index (χ1) is 7.11. The van der Waals surface area contributed by atoms with Gasteiger partial charge in [0.1, 0.15) is 0 Å². The summed E-state index contributed by atoms with van der Waals surface area (Å²) >= 11 is 5.27. The topological polar surface area (TPSA) is 46.2 Å². The zero-order valence-electron chi connectivity index (χ0n) is 8.42. The number of rotatable bonds is 4. The molecular weight excluding hydrogens is 214 g/mol. The van der Waals surface area contributed by atoms with Gasteiger partial charge in [-0.3, -0.25) is 9.59 Å². The van der Waals surface area contributed by atoms with Crippen molar-refractivity contribution in [2.45, 2.75) is 19.8 Å². The maximum atomic E-state index is 11.1. The summed E-state index contributed by atoms with van der Waals surface area (Å²) in [4.78, 5) is 21.8. The number of nitrogens with one attached hydrogen (secondary N) is 1. The lowest BCUT2D eigenvalue weighted by Gasteiger charge is -2.04. The van der Waals surface area contributed by atoms with Crippen molar-refractivity contribution in [3.05, 3.63) is 29.8 Å². The summed E-state index contributed by atoms with van der Waals surface area (Å²) in [6.07, 6.45) is 0.607. The van der Waals surface area contributed by atoms with Crippen molar-refractivity contribution in [2.75, 3.05) is 5.32 Å². The number of carbonyl (C=O) groups is 2. The Hall–Kier alpha value is -1.35. The molecule has 0 saturated carbocycles. The highest BCUT2D eigenvalue weighted by Crippen LogP contribution is 2.12. The summed E-state index contributed by atoms with van der Waals surface area (Å²) in [6, 6.07) is 7.09. The maximum Gasteiger partial charge on any atom is 0.226 e. The van der Waals surface area contributed by atoms with Crippen molar-refractivity contribution in [3.8, 4) is 0 Å². The molecule has 0 aliphatic rings. The predicted molar refractivity (Wildman–Crippen MR) is 59.9 cm³/mol. The van der Waals surface area contributed by atoms with E-state index in [9.17, 15) is 9.59 Å². The Morgan fingerprint density at radius 3 is 2.73 bits per heavy atom. The Balaban J connectivity index is 2.74. The van der Waals surface area contributed by atoms with Crippen LogP contribution in [0.3, 0.4) is 0 Å². The number of carbonyl (C=O) groups excluding carboxylic acids is 2. The Labute approximate surface area is 93.4 Å². The number of anilines is 1. The van der Waals surface area contributed by atoms with Gasteiger partial charge in [-0.05, 0) is 29.3 Å². The third kappa shape index (κ3) is 4.13. The fourth-order valence-corrected chi connectivity index (χ4v) is 1.32. The molecule has 0 aliphatic heterocycles. The standard InChI is InChI=1S/C11H12ClNO2/c1-2-11(15)13-9-5-3-4-8(6-9)7-10(12)14/h3-6H,2,7H2,1H3,(H,13,15). The number of benzene rings is 1. The van der Waals surface area contributed by atoms with Gasteiger partial charge in [-0.15, -0.1) is 0 Å². The van der Waals surface area contributed by atoms with Crippen LogP contribution >= 0.6 is 11.6 Å². The highest BCUT2D eigenvalue weighted by Gasteiger charge is 2.02. The monoisotopic (exact) mass is 225 g/mol. The number of hydrogen-bond donors (Lipinski definition) is 1. The Bertz CT molecular complexity index is 377. The summed E-state index contributed by atoms with van der Waals surface area (Å²) in [6.45, 7) is 1.78. The van der Waals surface area contributed by atoms with Gasteiger partial charge in [-0.25, -0.2) is 0 Å². The zero-order valence-corrected chi connectivity index (χ0v) is 9.17. The molecule has 1 aromatic rings. The Morgan fingerprint density at radius 2 is 2.13 bits per heavy atom. The van der Waals surface area contributed by atoms with Crippen LogP contribution in [0.25, 0.3) is 0 Å². The molecule has 0 unspecified atom stereocenters. The molecule has 4 heteroatoms. The normalized spacial score (nSPS) is 9.73. The lowest BCUT2D eigenvalue weighted by Crippen LogP contribution is -2.09. The van der Waals surface area contributed by atoms with E-state index in [-0.39, 0.29) is 12.3 Å². The van der Waals surface area contributed by atoms with Gasteiger partial charge >= 0.3 is 0 Å². The molecule has 80 valence electrons. The molecule has 0 spiro atoms. The van der Waals surface area contributed by atoms with E-state index in [4.69, 9.17) is 11.6 Å². The van der Waals surface area contributed by atoms with Gasteiger partial charge in [0.2, 0.25) is 11.1 Å². The lowest BCUT2D eigenvalue weighted by molar-refractivity contribution is -0.116. The quantitative estimate of drug-likeness (QED) is 0.800. The van der Waals surface area contributed by atoms with Crippen LogP contribution in [0.1, 0.15) is 18.9 Å². The van der Waals surface area contributed by atoms with Gasteiger partial charge in [0.05, 0.1) is 0 Å². The Morgan fingerprint density at radius 1 is 1.40 bits per heavy atom. The van der Waals surface area contributed by atoms with Crippen LogP contribution in [-0.2, 0) is 16.0 Å². The van der Waals surface area contributed by atoms with Crippen LogP contribution in [0.5, 0.6) is 0 Å². The first-order valence-corrected chi connectivity index (χ1v) is 5.06. The van der Waals surface area contributed by atoms with Crippen molar-refractivity contribution < 1.29 is 9.59 Å². The first-order valence-electron chi connectivity index (χ1n) is 4.69. The minimum absolute atomic E-state index is 0.0515. The van der Waals surface area contributed by atoms with Gasteiger partial charge in [0.15, 0.2) is 0 Å². The summed E-state index contributed by atoms with van der Waals surface area (Å²) in [5.74, 6) is -0.0515. The molecule has 3 nitrogen and oxygen atoms in total. The van der Waals surface area contributed by atoms with Crippen LogP contribution in [0.2, 0.25) is 0 Å². The van der Waals surface area contributed by atoms with Gasteiger partial charge in [-0.2, -0.15) is 0 Å². The van der Waals surface area contributed by atoms with E-state index >= 15 is 0 Å². The minimum Gasteiger partial charge on any atom is -0.326 e. The molecule has 1 amide bonds. The van der Waals surface area contributed by atoms with Gasteiger partial charge in [0.25, 0.3) is 0 Å². The van der Waals surface area contributed by atoms with E-state index in [2.05, 4.69) is 5.32 Å². The summed E-state index contributed by atoms with van der Waals surface area (Å²) in [7, 11) is 0. The highest BCUT2D eigenvalue weighted by molar-refractivity contribution is 6.63. The minimum atomic E-state index is -0.408. The molecule has 1 N–H and O–H groups in total. The third-order valence-corrected chi connectivity index (χ3v) is 2.01. The number of hydrogen-bond acceptors (Lipinski definition) is 2. The molecule has 0 aromatic heterocycles. The molecule has 0 bridgehead atoms.